The standard InChI is InChI=1S/C16H23NO3/c1-16(2)10-14(8-9-20-16)17-11-12-4-6-13(7-5-12)15(18)19-3/h4-7,14,17H,8-11H2,1-3H3. The Balaban J connectivity index is 1.86. The van der Waals surface area contributed by atoms with E-state index in [0.29, 0.717) is 11.6 Å². The van der Waals surface area contributed by atoms with Crippen molar-refractivity contribution in [2.24, 2.45) is 0 Å². The monoisotopic (exact) mass is 277 g/mol. The van der Waals surface area contributed by atoms with Gasteiger partial charge in [-0.3, -0.25) is 0 Å². The molecule has 0 aliphatic carbocycles. The molecule has 4 heteroatoms. The molecule has 110 valence electrons. The topological polar surface area (TPSA) is 47.6 Å². The molecule has 0 saturated carbocycles. The number of carbonyl (C=O) groups is 1. The summed E-state index contributed by atoms with van der Waals surface area (Å²) < 4.78 is 10.4. The fourth-order valence-corrected chi connectivity index (χ4v) is 2.54. The molecule has 2 rings (SSSR count). The lowest BCUT2D eigenvalue weighted by Crippen LogP contribution is -2.43. The zero-order valence-electron chi connectivity index (χ0n) is 12.4. The molecular formula is C16H23NO3. The van der Waals surface area contributed by atoms with Crippen molar-refractivity contribution in [1.29, 1.82) is 0 Å². The first-order valence-corrected chi connectivity index (χ1v) is 7.05. The molecule has 4 nitrogen and oxygen atoms in total. The molecular weight excluding hydrogens is 254 g/mol. The fraction of sp³-hybridized carbons (Fsp3) is 0.562. The molecule has 1 aliphatic heterocycles. The first-order valence-electron chi connectivity index (χ1n) is 7.05. The highest BCUT2D eigenvalue weighted by Gasteiger charge is 2.28. The highest BCUT2D eigenvalue weighted by molar-refractivity contribution is 5.89. The molecule has 1 heterocycles. The minimum Gasteiger partial charge on any atom is -0.465 e. The normalized spacial score (nSPS) is 21.4. The third-order valence-electron chi connectivity index (χ3n) is 3.67. The zero-order valence-corrected chi connectivity index (χ0v) is 12.4. The van der Waals surface area contributed by atoms with E-state index in [1.807, 2.05) is 12.1 Å². The molecule has 1 N–H and O–H groups in total. The summed E-state index contributed by atoms with van der Waals surface area (Å²) in [5.41, 5.74) is 1.72. The van der Waals surface area contributed by atoms with E-state index < -0.39 is 0 Å². The second-order valence-corrected chi connectivity index (χ2v) is 5.87. The molecule has 0 bridgehead atoms. The van der Waals surface area contributed by atoms with Gasteiger partial charge in [-0.2, -0.15) is 0 Å². The van der Waals surface area contributed by atoms with E-state index in [1.165, 1.54) is 12.7 Å². The van der Waals surface area contributed by atoms with E-state index >= 15 is 0 Å². The van der Waals surface area contributed by atoms with Crippen LogP contribution in [-0.4, -0.2) is 31.3 Å². The summed E-state index contributed by atoms with van der Waals surface area (Å²) >= 11 is 0. The van der Waals surface area contributed by atoms with Gasteiger partial charge < -0.3 is 14.8 Å². The molecule has 1 aliphatic rings. The van der Waals surface area contributed by atoms with E-state index in [4.69, 9.17) is 4.74 Å². The molecule has 1 saturated heterocycles. The van der Waals surface area contributed by atoms with Crippen LogP contribution in [0.2, 0.25) is 0 Å². The lowest BCUT2D eigenvalue weighted by Gasteiger charge is -2.36. The number of esters is 1. The molecule has 0 radical (unpaired) electrons. The third-order valence-corrected chi connectivity index (χ3v) is 3.67. The van der Waals surface area contributed by atoms with Crippen LogP contribution in [-0.2, 0) is 16.0 Å². The van der Waals surface area contributed by atoms with Gasteiger partial charge >= 0.3 is 5.97 Å². The lowest BCUT2D eigenvalue weighted by molar-refractivity contribution is -0.0630. The number of hydrogen-bond acceptors (Lipinski definition) is 4. The Morgan fingerprint density at radius 1 is 1.40 bits per heavy atom. The maximum absolute atomic E-state index is 11.3. The number of carbonyl (C=O) groups excluding carboxylic acids is 1. The van der Waals surface area contributed by atoms with Crippen LogP contribution in [0, 0.1) is 0 Å². The lowest BCUT2D eigenvalue weighted by atomic mass is 9.94. The van der Waals surface area contributed by atoms with Gasteiger partial charge in [-0.25, -0.2) is 4.79 Å². The number of rotatable bonds is 4. The van der Waals surface area contributed by atoms with E-state index in [-0.39, 0.29) is 11.6 Å². The van der Waals surface area contributed by atoms with E-state index in [1.54, 1.807) is 12.1 Å². The minimum absolute atomic E-state index is 0.0370. The maximum atomic E-state index is 11.3. The van der Waals surface area contributed by atoms with Crippen LogP contribution >= 0.6 is 0 Å². The largest absolute Gasteiger partial charge is 0.465 e. The van der Waals surface area contributed by atoms with Gasteiger partial charge in [-0.1, -0.05) is 12.1 Å². The Morgan fingerprint density at radius 3 is 2.70 bits per heavy atom. The van der Waals surface area contributed by atoms with E-state index in [9.17, 15) is 4.79 Å². The smallest absolute Gasteiger partial charge is 0.337 e. The van der Waals surface area contributed by atoms with Crippen LogP contribution in [0.4, 0.5) is 0 Å². The van der Waals surface area contributed by atoms with Crippen LogP contribution < -0.4 is 5.32 Å². The van der Waals surface area contributed by atoms with Crippen molar-refractivity contribution in [2.45, 2.75) is 44.9 Å². The highest BCUT2D eigenvalue weighted by Crippen LogP contribution is 2.24. The van der Waals surface area contributed by atoms with Crippen LogP contribution in [0.1, 0.15) is 42.6 Å². The van der Waals surface area contributed by atoms with Gasteiger partial charge in [0.05, 0.1) is 18.3 Å². The summed E-state index contributed by atoms with van der Waals surface area (Å²) in [7, 11) is 1.39. The summed E-state index contributed by atoms with van der Waals surface area (Å²) in [6.45, 7) is 5.88. The number of nitrogens with one attached hydrogen (secondary N) is 1. The Labute approximate surface area is 120 Å². The number of ether oxygens (including phenoxy) is 2. The molecule has 0 aromatic heterocycles. The van der Waals surface area contributed by atoms with Gasteiger partial charge in [-0.05, 0) is 44.4 Å². The first-order chi connectivity index (χ1) is 9.50. The molecule has 1 aromatic rings. The molecule has 0 amide bonds. The Morgan fingerprint density at radius 2 is 2.10 bits per heavy atom. The number of hydrogen-bond donors (Lipinski definition) is 1. The molecule has 20 heavy (non-hydrogen) atoms. The molecule has 1 fully saturated rings. The van der Waals surface area contributed by atoms with Gasteiger partial charge in [-0.15, -0.1) is 0 Å². The predicted molar refractivity (Wildman–Crippen MR) is 77.7 cm³/mol. The quantitative estimate of drug-likeness (QED) is 0.859. The van der Waals surface area contributed by atoms with Crippen molar-refractivity contribution in [3.63, 3.8) is 0 Å². The van der Waals surface area contributed by atoms with Crippen LogP contribution in [0.25, 0.3) is 0 Å². The van der Waals surface area contributed by atoms with Crippen LogP contribution in [0.5, 0.6) is 0 Å². The summed E-state index contributed by atoms with van der Waals surface area (Å²) in [4.78, 5) is 11.3. The third kappa shape index (κ3) is 4.05. The average molecular weight is 277 g/mol. The van der Waals surface area contributed by atoms with E-state index in [2.05, 4.69) is 23.9 Å². The SMILES string of the molecule is COC(=O)c1ccc(CNC2CCOC(C)(C)C2)cc1. The number of benzene rings is 1. The van der Waals surface area contributed by atoms with Gasteiger partial charge in [0.2, 0.25) is 0 Å². The minimum atomic E-state index is -0.296. The summed E-state index contributed by atoms with van der Waals surface area (Å²) in [5, 5.41) is 3.56. The Hall–Kier alpha value is -1.39. The fourth-order valence-electron chi connectivity index (χ4n) is 2.54. The number of methoxy groups -OCH3 is 1. The van der Waals surface area contributed by atoms with Crippen molar-refractivity contribution in [3.8, 4) is 0 Å². The Bertz CT molecular complexity index is 453. The second-order valence-electron chi connectivity index (χ2n) is 5.87. The van der Waals surface area contributed by atoms with Crippen molar-refractivity contribution < 1.29 is 14.3 Å². The Kier molecular flexibility index (Phi) is 4.78. The van der Waals surface area contributed by atoms with Gasteiger partial charge in [0.15, 0.2) is 0 Å². The van der Waals surface area contributed by atoms with Crippen LogP contribution in [0.3, 0.4) is 0 Å². The van der Waals surface area contributed by atoms with Gasteiger partial charge in [0.1, 0.15) is 0 Å². The van der Waals surface area contributed by atoms with Gasteiger partial charge in [0, 0.05) is 19.2 Å². The first kappa shape index (κ1) is 15.0. The van der Waals surface area contributed by atoms with E-state index in [0.717, 1.165) is 26.0 Å². The summed E-state index contributed by atoms with van der Waals surface area (Å²) in [6, 6.07) is 8.01. The summed E-state index contributed by atoms with van der Waals surface area (Å²) in [6.07, 6.45) is 2.07. The van der Waals surface area contributed by atoms with Crippen molar-refractivity contribution in [3.05, 3.63) is 35.4 Å². The van der Waals surface area contributed by atoms with Crippen molar-refractivity contribution in [1.82, 2.24) is 5.32 Å². The van der Waals surface area contributed by atoms with Crippen molar-refractivity contribution in [2.75, 3.05) is 13.7 Å². The maximum Gasteiger partial charge on any atom is 0.337 e. The second kappa shape index (κ2) is 6.37. The molecule has 1 aromatic carbocycles. The molecule has 1 atom stereocenters. The predicted octanol–water partition coefficient (Wildman–Crippen LogP) is 2.52. The highest BCUT2D eigenvalue weighted by atomic mass is 16.5. The molecule has 0 spiro atoms. The van der Waals surface area contributed by atoms with Gasteiger partial charge in [0.25, 0.3) is 0 Å². The van der Waals surface area contributed by atoms with Crippen LogP contribution in [0.15, 0.2) is 24.3 Å². The zero-order chi connectivity index (χ0) is 14.6. The molecule has 1 unspecified atom stereocenters. The average Bonchev–Trinajstić information content (AvgIpc) is 2.44. The summed E-state index contributed by atoms with van der Waals surface area (Å²) in [5.74, 6) is -0.296. The van der Waals surface area contributed by atoms with Crippen molar-refractivity contribution >= 4 is 5.97 Å².